The summed E-state index contributed by atoms with van der Waals surface area (Å²) < 4.78 is 38.1. The van der Waals surface area contributed by atoms with Crippen molar-refractivity contribution >= 4 is 0 Å². The van der Waals surface area contributed by atoms with Crippen LogP contribution < -0.4 is 5.32 Å². The molecule has 0 bridgehead atoms. The molecule has 0 unspecified atom stereocenters. The third kappa shape index (κ3) is 4.32. The summed E-state index contributed by atoms with van der Waals surface area (Å²) in [6.07, 6.45) is -2.06. The second-order valence-electron chi connectivity index (χ2n) is 5.18. The van der Waals surface area contributed by atoms with E-state index >= 15 is 0 Å². The summed E-state index contributed by atoms with van der Waals surface area (Å²) in [7, 11) is 0. The molecule has 2 aromatic rings. The average Bonchev–Trinajstić information content (AvgIpc) is 2.86. The van der Waals surface area contributed by atoms with Crippen molar-refractivity contribution in [2.75, 3.05) is 6.54 Å². The largest absolute Gasteiger partial charge is 0.416 e. The molecule has 0 atom stereocenters. The van der Waals surface area contributed by atoms with Crippen LogP contribution in [0, 0.1) is 0 Å². The summed E-state index contributed by atoms with van der Waals surface area (Å²) in [6.45, 7) is 4.87. The molecule has 0 aliphatic heterocycles. The zero-order valence-corrected chi connectivity index (χ0v) is 12.0. The maximum absolute atomic E-state index is 12.7. The minimum atomic E-state index is -4.33. The summed E-state index contributed by atoms with van der Waals surface area (Å²) in [5.74, 6) is 0.760. The minimum Gasteiger partial charge on any atom is -0.342 e. The van der Waals surface area contributed by atoms with Crippen molar-refractivity contribution in [1.29, 1.82) is 0 Å². The Hall–Kier alpha value is -1.82. The van der Waals surface area contributed by atoms with Gasteiger partial charge >= 0.3 is 6.18 Å². The highest BCUT2D eigenvalue weighted by Crippen LogP contribution is 2.31. The molecule has 2 N–H and O–H groups in total. The van der Waals surface area contributed by atoms with Gasteiger partial charge in [-0.2, -0.15) is 13.2 Å². The Morgan fingerprint density at radius 3 is 2.71 bits per heavy atom. The van der Waals surface area contributed by atoms with Crippen LogP contribution in [0.5, 0.6) is 0 Å². The lowest BCUT2D eigenvalue weighted by molar-refractivity contribution is -0.137. The number of halogens is 3. The number of aromatic nitrogens is 2. The molecule has 2 rings (SSSR count). The van der Waals surface area contributed by atoms with Crippen LogP contribution >= 0.6 is 0 Å². The molecule has 0 saturated heterocycles. The van der Waals surface area contributed by atoms with Crippen molar-refractivity contribution < 1.29 is 13.2 Å². The molecule has 0 saturated carbocycles. The van der Waals surface area contributed by atoms with Crippen molar-refractivity contribution in [3.63, 3.8) is 0 Å². The molecular formula is C15H18F3N3. The zero-order valence-electron chi connectivity index (χ0n) is 12.0. The van der Waals surface area contributed by atoms with Gasteiger partial charge in [0.25, 0.3) is 0 Å². The Morgan fingerprint density at radius 1 is 1.29 bits per heavy atom. The van der Waals surface area contributed by atoms with E-state index in [1.165, 1.54) is 6.07 Å². The summed E-state index contributed by atoms with van der Waals surface area (Å²) in [6, 6.07) is 5.62. The summed E-state index contributed by atoms with van der Waals surface area (Å²) >= 11 is 0. The molecule has 0 amide bonds. The molecular weight excluding hydrogens is 279 g/mol. The van der Waals surface area contributed by atoms with Gasteiger partial charge < -0.3 is 10.3 Å². The normalized spacial score (nSPS) is 12.1. The number of hydrogen-bond donors (Lipinski definition) is 2. The Morgan fingerprint density at radius 2 is 2.05 bits per heavy atom. The number of imidazole rings is 1. The molecule has 6 heteroatoms. The second kappa shape index (κ2) is 6.30. The Balaban J connectivity index is 2.11. The molecule has 0 aliphatic rings. The summed E-state index contributed by atoms with van der Waals surface area (Å²) in [5, 5.41) is 3.26. The maximum atomic E-state index is 12.7. The lowest BCUT2D eigenvalue weighted by atomic mass is 10.1. The first-order chi connectivity index (χ1) is 9.86. The van der Waals surface area contributed by atoms with Gasteiger partial charge in [0.1, 0.15) is 5.82 Å². The van der Waals surface area contributed by atoms with Crippen molar-refractivity contribution in [1.82, 2.24) is 15.3 Å². The highest BCUT2D eigenvalue weighted by atomic mass is 19.4. The SMILES string of the molecule is CC(C)NCCc1ncc(-c2cccc(C(F)(F)F)c2)[nH]1. The van der Waals surface area contributed by atoms with Gasteiger partial charge in [-0.3, -0.25) is 0 Å². The zero-order chi connectivity index (χ0) is 15.5. The summed E-state index contributed by atoms with van der Waals surface area (Å²) in [4.78, 5) is 7.27. The van der Waals surface area contributed by atoms with E-state index < -0.39 is 11.7 Å². The minimum absolute atomic E-state index is 0.392. The monoisotopic (exact) mass is 297 g/mol. The van der Waals surface area contributed by atoms with Crippen molar-refractivity contribution in [3.8, 4) is 11.3 Å². The number of nitrogens with one attached hydrogen (secondary N) is 2. The predicted octanol–water partition coefficient (Wildman–Crippen LogP) is 3.64. The molecule has 0 aliphatic carbocycles. The Kier molecular flexibility index (Phi) is 4.67. The van der Waals surface area contributed by atoms with Crippen LogP contribution in [0.1, 0.15) is 25.2 Å². The topological polar surface area (TPSA) is 40.7 Å². The fourth-order valence-corrected chi connectivity index (χ4v) is 1.98. The van der Waals surface area contributed by atoms with Crippen molar-refractivity contribution in [3.05, 3.63) is 41.9 Å². The molecule has 1 aromatic carbocycles. The number of hydrogen-bond acceptors (Lipinski definition) is 2. The Labute approximate surface area is 121 Å². The standard InChI is InChI=1S/C15H18F3N3/c1-10(2)19-7-6-14-20-9-13(21-14)11-4-3-5-12(8-11)15(16,17)18/h3-5,8-10,19H,6-7H2,1-2H3,(H,20,21). The van der Waals surface area contributed by atoms with Gasteiger partial charge in [-0.05, 0) is 12.1 Å². The van der Waals surface area contributed by atoms with Crippen LogP contribution in [0.3, 0.4) is 0 Å². The van der Waals surface area contributed by atoms with Crippen LogP contribution in [0.25, 0.3) is 11.3 Å². The van der Waals surface area contributed by atoms with Crippen molar-refractivity contribution in [2.45, 2.75) is 32.5 Å². The molecule has 114 valence electrons. The van der Waals surface area contributed by atoms with E-state index in [4.69, 9.17) is 0 Å². The van der Waals surface area contributed by atoms with Crippen LogP contribution in [-0.2, 0) is 12.6 Å². The van der Waals surface area contributed by atoms with Gasteiger partial charge in [0.05, 0.1) is 17.5 Å². The van der Waals surface area contributed by atoms with Crippen LogP contribution in [-0.4, -0.2) is 22.6 Å². The van der Waals surface area contributed by atoms with Gasteiger partial charge in [0, 0.05) is 24.6 Å². The third-order valence-electron chi connectivity index (χ3n) is 3.04. The quantitative estimate of drug-likeness (QED) is 0.884. The summed E-state index contributed by atoms with van der Waals surface area (Å²) in [5.41, 5.74) is 0.429. The van der Waals surface area contributed by atoms with Crippen LogP contribution in [0.15, 0.2) is 30.5 Å². The van der Waals surface area contributed by atoms with E-state index in [1.807, 2.05) is 0 Å². The number of rotatable bonds is 5. The Bertz CT molecular complexity index is 588. The van der Waals surface area contributed by atoms with E-state index in [1.54, 1.807) is 12.3 Å². The van der Waals surface area contributed by atoms with Crippen molar-refractivity contribution in [2.24, 2.45) is 0 Å². The highest BCUT2D eigenvalue weighted by molar-refractivity contribution is 5.59. The van der Waals surface area contributed by atoms with Gasteiger partial charge in [-0.25, -0.2) is 4.98 Å². The fraction of sp³-hybridized carbons (Fsp3) is 0.400. The number of H-pyrrole nitrogens is 1. The van der Waals surface area contributed by atoms with Gasteiger partial charge in [-0.15, -0.1) is 0 Å². The fourth-order valence-electron chi connectivity index (χ4n) is 1.98. The lowest BCUT2D eigenvalue weighted by Gasteiger charge is -2.07. The van der Waals surface area contributed by atoms with Gasteiger partial charge in [0.2, 0.25) is 0 Å². The number of aromatic amines is 1. The molecule has 3 nitrogen and oxygen atoms in total. The maximum Gasteiger partial charge on any atom is 0.416 e. The molecule has 0 radical (unpaired) electrons. The van der Waals surface area contributed by atoms with E-state index in [2.05, 4.69) is 29.1 Å². The van der Waals surface area contributed by atoms with Gasteiger partial charge in [0.15, 0.2) is 0 Å². The van der Waals surface area contributed by atoms with E-state index in [0.29, 0.717) is 23.7 Å². The number of alkyl halides is 3. The van der Waals surface area contributed by atoms with E-state index in [-0.39, 0.29) is 0 Å². The first kappa shape index (κ1) is 15.6. The smallest absolute Gasteiger partial charge is 0.342 e. The van der Waals surface area contributed by atoms with E-state index in [9.17, 15) is 13.2 Å². The molecule has 1 heterocycles. The molecule has 21 heavy (non-hydrogen) atoms. The second-order valence-corrected chi connectivity index (χ2v) is 5.18. The average molecular weight is 297 g/mol. The predicted molar refractivity (Wildman–Crippen MR) is 75.9 cm³/mol. The van der Waals surface area contributed by atoms with E-state index in [0.717, 1.165) is 24.5 Å². The lowest BCUT2D eigenvalue weighted by Crippen LogP contribution is -2.25. The molecule has 0 fully saturated rings. The van der Waals surface area contributed by atoms with Crippen LogP contribution in [0.4, 0.5) is 13.2 Å². The number of nitrogens with zero attached hydrogens (tertiary/aromatic N) is 1. The number of benzene rings is 1. The van der Waals surface area contributed by atoms with Gasteiger partial charge in [-0.1, -0.05) is 26.0 Å². The first-order valence-corrected chi connectivity index (χ1v) is 6.81. The molecule has 0 spiro atoms. The highest BCUT2D eigenvalue weighted by Gasteiger charge is 2.30. The third-order valence-corrected chi connectivity index (χ3v) is 3.04. The molecule has 1 aromatic heterocycles. The van der Waals surface area contributed by atoms with Crippen LogP contribution in [0.2, 0.25) is 0 Å². The first-order valence-electron chi connectivity index (χ1n) is 6.81.